The Morgan fingerprint density at radius 3 is 2.03 bits per heavy atom. The number of halogens is 2. The molecule has 2 aromatic carbocycles. The Hall–Kier alpha value is -2.96. The highest BCUT2D eigenvalue weighted by Crippen LogP contribution is 2.68. The number of carboxylic acid groups (broad SMARTS) is 1. The number of fused-ring (bicyclic) bond motifs is 3. The standard InChI is InChI=1S/C24H23F2NO4/c25-24(26)12-22(13-24)10-23(11-22,20(28)29)14-27-21(30)31-9-19-17-7-3-1-5-15(17)16-6-2-4-8-18(16)19/h1-8,19H,9-14H2,(H,27,30)(H,28,29). The molecule has 2 aromatic rings. The Bertz CT molecular complexity index is 1010. The topological polar surface area (TPSA) is 75.6 Å². The predicted molar refractivity (Wildman–Crippen MR) is 109 cm³/mol. The number of alkyl halides is 2. The molecule has 3 aliphatic rings. The van der Waals surface area contributed by atoms with Gasteiger partial charge in [-0.05, 0) is 40.5 Å². The number of nitrogens with one attached hydrogen (secondary N) is 1. The number of alkyl carbamates (subject to hydrolysis) is 1. The molecule has 31 heavy (non-hydrogen) atoms. The maximum Gasteiger partial charge on any atom is 0.407 e. The van der Waals surface area contributed by atoms with E-state index < -0.39 is 28.8 Å². The molecule has 5 rings (SSSR count). The molecule has 2 N–H and O–H groups in total. The number of amides is 1. The van der Waals surface area contributed by atoms with Crippen molar-refractivity contribution in [3.8, 4) is 11.1 Å². The maximum absolute atomic E-state index is 13.2. The quantitative estimate of drug-likeness (QED) is 0.718. The van der Waals surface area contributed by atoms with Crippen molar-refractivity contribution in [2.45, 2.75) is 37.5 Å². The van der Waals surface area contributed by atoms with Gasteiger partial charge < -0.3 is 15.2 Å². The molecule has 5 nitrogen and oxygen atoms in total. The van der Waals surface area contributed by atoms with Gasteiger partial charge in [-0.2, -0.15) is 0 Å². The van der Waals surface area contributed by atoms with Gasteiger partial charge in [-0.3, -0.25) is 4.79 Å². The second kappa shape index (κ2) is 6.77. The van der Waals surface area contributed by atoms with E-state index in [9.17, 15) is 23.5 Å². The summed E-state index contributed by atoms with van der Waals surface area (Å²) in [7, 11) is 0. The van der Waals surface area contributed by atoms with Crippen LogP contribution >= 0.6 is 0 Å². The number of hydrogen-bond acceptors (Lipinski definition) is 3. The summed E-state index contributed by atoms with van der Waals surface area (Å²) in [5, 5.41) is 12.2. The third-order valence-corrected chi connectivity index (χ3v) is 7.06. The lowest BCUT2D eigenvalue weighted by Gasteiger charge is -2.61. The summed E-state index contributed by atoms with van der Waals surface area (Å²) >= 11 is 0. The van der Waals surface area contributed by atoms with E-state index >= 15 is 0 Å². The first-order valence-electron chi connectivity index (χ1n) is 10.4. The van der Waals surface area contributed by atoms with E-state index in [-0.39, 0.29) is 44.8 Å². The summed E-state index contributed by atoms with van der Waals surface area (Å²) in [4.78, 5) is 24.1. The molecule has 0 aliphatic heterocycles. The van der Waals surface area contributed by atoms with Gasteiger partial charge in [0.2, 0.25) is 5.92 Å². The number of aliphatic carboxylic acids is 1. The van der Waals surface area contributed by atoms with Crippen molar-refractivity contribution >= 4 is 12.1 Å². The van der Waals surface area contributed by atoms with E-state index in [0.29, 0.717) is 0 Å². The lowest BCUT2D eigenvalue weighted by Crippen LogP contribution is -2.63. The zero-order chi connectivity index (χ0) is 21.9. The largest absolute Gasteiger partial charge is 0.481 e. The molecule has 1 spiro atoms. The molecule has 0 heterocycles. The molecular weight excluding hydrogens is 404 g/mol. The molecule has 3 aliphatic carbocycles. The summed E-state index contributed by atoms with van der Waals surface area (Å²) in [6, 6.07) is 16.0. The van der Waals surface area contributed by atoms with Crippen LogP contribution < -0.4 is 5.32 Å². The van der Waals surface area contributed by atoms with Crippen molar-refractivity contribution in [2.75, 3.05) is 13.2 Å². The second-order valence-corrected chi connectivity index (χ2v) is 9.33. The van der Waals surface area contributed by atoms with Crippen molar-refractivity contribution in [2.24, 2.45) is 10.8 Å². The minimum absolute atomic E-state index is 0.0873. The Kier molecular flexibility index (Phi) is 4.36. The van der Waals surface area contributed by atoms with E-state index in [2.05, 4.69) is 5.32 Å². The van der Waals surface area contributed by atoms with Crippen LogP contribution in [0.5, 0.6) is 0 Å². The Morgan fingerprint density at radius 1 is 0.968 bits per heavy atom. The van der Waals surface area contributed by atoms with Crippen molar-refractivity contribution < 1.29 is 28.2 Å². The first-order valence-corrected chi connectivity index (χ1v) is 10.4. The van der Waals surface area contributed by atoms with Gasteiger partial charge in [0.1, 0.15) is 6.61 Å². The lowest BCUT2D eigenvalue weighted by molar-refractivity contribution is -0.234. The van der Waals surface area contributed by atoms with Crippen LogP contribution in [0.3, 0.4) is 0 Å². The number of carbonyl (C=O) groups excluding carboxylic acids is 1. The molecule has 2 saturated carbocycles. The first kappa shape index (κ1) is 20.0. The molecular formula is C24H23F2NO4. The molecule has 0 bridgehead atoms. The van der Waals surface area contributed by atoms with Crippen LogP contribution in [-0.4, -0.2) is 36.2 Å². The molecule has 2 fully saturated rings. The van der Waals surface area contributed by atoms with Gasteiger partial charge in [-0.15, -0.1) is 0 Å². The van der Waals surface area contributed by atoms with Gasteiger partial charge >= 0.3 is 12.1 Å². The SMILES string of the molecule is O=C(NCC1(C(=O)O)CC2(CC(F)(F)C2)C1)OCC1c2ccccc2-c2ccccc21. The smallest absolute Gasteiger partial charge is 0.407 e. The van der Waals surface area contributed by atoms with Gasteiger partial charge in [0.05, 0.1) is 5.41 Å². The zero-order valence-corrected chi connectivity index (χ0v) is 16.9. The van der Waals surface area contributed by atoms with Gasteiger partial charge in [0.15, 0.2) is 0 Å². The van der Waals surface area contributed by atoms with Gasteiger partial charge in [0, 0.05) is 25.3 Å². The average molecular weight is 427 g/mol. The van der Waals surface area contributed by atoms with Crippen molar-refractivity contribution in [1.82, 2.24) is 5.32 Å². The van der Waals surface area contributed by atoms with Crippen LogP contribution in [0.1, 0.15) is 42.7 Å². The maximum atomic E-state index is 13.2. The number of ether oxygens (including phenoxy) is 1. The normalized spacial score (nSPS) is 21.4. The summed E-state index contributed by atoms with van der Waals surface area (Å²) in [6.07, 6.45) is -0.897. The van der Waals surface area contributed by atoms with Gasteiger partial charge in [-0.25, -0.2) is 13.6 Å². The Balaban J connectivity index is 1.20. The average Bonchev–Trinajstić information content (AvgIpc) is 3.01. The fraction of sp³-hybridized carbons (Fsp3) is 0.417. The Labute approximate surface area is 178 Å². The fourth-order valence-corrected chi connectivity index (χ4v) is 5.92. The van der Waals surface area contributed by atoms with Crippen molar-refractivity contribution in [3.63, 3.8) is 0 Å². The highest BCUT2D eigenvalue weighted by atomic mass is 19.3. The number of hydrogen-bond donors (Lipinski definition) is 2. The van der Waals surface area contributed by atoms with Crippen molar-refractivity contribution in [1.29, 1.82) is 0 Å². The summed E-state index contributed by atoms with van der Waals surface area (Å²) in [5.41, 5.74) is 2.63. The van der Waals surface area contributed by atoms with Crippen LogP contribution in [0.15, 0.2) is 48.5 Å². The summed E-state index contributed by atoms with van der Waals surface area (Å²) in [5.74, 6) is -3.84. The van der Waals surface area contributed by atoms with Crippen LogP contribution in [0, 0.1) is 10.8 Å². The molecule has 162 valence electrons. The third kappa shape index (κ3) is 3.27. The molecule has 0 atom stereocenters. The monoisotopic (exact) mass is 427 g/mol. The predicted octanol–water partition coefficient (Wildman–Crippen LogP) is 4.81. The minimum Gasteiger partial charge on any atom is -0.481 e. The van der Waals surface area contributed by atoms with E-state index in [1.54, 1.807) is 0 Å². The first-order chi connectivity index (χ1) is 14.7. The van der Waals surface area contributed by atoms with Crippen LogP contribution in [0.25, 0.3) is 11.1 Å². The lowest BCUT2D eigenvalue weighted by atomic mass is 9.44. The van der Waals surface area contributed by atoms with E-state index in [4.69, 9.17) is 4.74 Å². The Morgan fingerprint density at radius 2 is 1.52 bits per heavy atom. The molecule has 1 amide bonds. The number of carbonyl (C=O) groups is 2. The molecule has 0 saturated heterocycles. The molecule has 0 aromatic heterocycles. The number of carboxylic acids is 1. The molecule has 7 heteroatoms. The zero-order valence-electron chi connectivity index (χ0n) is 16.9. The highest BCUT2D eigenvalue weighted by Gasteiger charge is 2.69. The number of benzene rings is 2. The number of rotatable bonds is 5. The fourth-order valence-electron chi connectivity index (χ4n) is 5.92. The minimum atomic E-state index is -2.69. The molecule has 0 radical (unpaired) electrons. The van der Waals surface area contributed by atoms with Crippen LogP contribution in [0.2, 0.25) is 0 Å². The van der Waals surface area contributed by atoms with Gasteiger partial charge in [-0.1, -0.05) is 48.5 Å². The van der Waals surface area contributed by atoms with Gasteiger partial charge in [0.25, 0.3) is 0 Å². The van der Waals surface area contributed by atoms with Crippen LogP contribution in [-0.2, 0) is 9.53 Å². The highest BCUT2D eigenvalue weighted by molar-refractivity contribution is 5.80. The summed E-state index contributed by atoms with van der Waals surface area (Å²) in [6.45, 7) is 0.0163. The van der Waals surface area contributed by atoms with E-state index in [0.717, 1.165) is 22.3 Å². The van der Waals surface area contributed by atoms with Crippen LogP contribution in [0.4, 0.5) is 13.6 Å². The summed E-state index contributed by atoms with van der Waals surface area (Å²) < 4.78 is 31.9. The second-order valence-electron chi connectivity index (χ2n) is 9.33. The van der Waals surface area contributed by atoms with Crippen molar-refractivity contribution in [3.05, 3.63) is 59.7 Å². The third-order valence-electron chi connectivity index (χ3n) is 7.06. The van der Waals surface area contributed by atoms with E-state index in [1.165, 1.54) is 0 Å². The molecule has 0 unspecified atom stereocenters. The van der Waals surface area contributed by atoms with E-state index in [1.807, 2.05) is 48.5 Å².